The zero-order valence-corrected chi connectivity index (χ0v) is 11.2. The van der Waals surface area contributed by atoms with Crippen molar-refractivity contribution in [2.75, 3.05) is 37.7 Å². The quantitative estimate of drug-likeness (QED) is 0.743. The summed E-state index contributed by atoms with van der Waals surface area (Å²) in [6, 6.07) is 0.545. The smallest absolute Gasteiger partial charge is 0.151 e. The Bertz CT molecular complexity index is 288. The van der Waals surface area contributed by atoms with E-state index in [0.29, 0.717) is 18.3 Å². The highest BCUT2D eigenvalue weighted by atomic mass is 32.2. The van der Waals surface area contributed by atoms with Crippen molar-refractivity contribution in [2.45, 2.75) is 32.7 Å². The number of sulfone groups is 1. The fourth-order valence-electron chi connectivity index (χ4n) is 2.05. The van der Waals surface area contributed by atoms with Gasteiger partial charge in [-0.05, 0) is 6.42 Å². The monoisotopic (exact) mass is 248 g/mol. The van der Waals surface area contributed by atoms with Gasteiger partial charge in [-0.3, -0.25) is 4.90 Å². The lowest BCUT2D eigenvalue weighted by Gasteiger charge is -2.33. The molecular weight excluding hydrogens is 224 g/mol. The van der Waals surface area contributed by atoms with Gasteiger partial charge in [-0.15, -0.1) is 0 Å². The van der Waals surface area contributed by atoms with Gasteiger partial charge in [0.25, 0.3) is 0 Å². The zero-order valence-electron chi connectivity index (χ0n) is 10.4. The molecule has 1 aliphatic rings. The molecule has 0 spiro atoms. The second kappa shape index (κ2) is 6.57. The summed E-state index contributed by atoms with van der Waals surface area (Å²) >= 11 is 0. The fraction of sp³-hybridized carbons (Fsp3) is 1.00. The third-order valence-electron chi connectivity index (χ3n) is 3.14. The zero-order chi connectivity index (χ0) is 12.0. The maximum absolute atomic E-state index is 11.4. The van der Waals surface area contributed by atoms with Crippen LogP contribution in [0.25, 0.3) is 0 Å². The molecule has 5 heteroatoms. The minimum absolute atomic E-state index is 0.261. The van der Waals surface area contributed by atoms with Gasteiger partial charge in [-0.1, -0.05) is 20.3 Å². The predicted molar refractivity (Wildman–Crippen MR) is 67.5 cm³/mol. The van der Waals surface area contributed by atoms with E-state index in [-0.39, 0.29) is 5.75 Å². The van der Waals surface area contributed by atoms with Crippen LogP contribution in [0.4, 0.5) is 0 Å². The molecule has 1 N–H and O–H groups in total. The van der Waals surface area contributed by atoms with Crippen molar-refractivity contribution in [2.24, 2.45) is 0 Å². The Morgan fingerprint density at radius 3 is 2.75 bits per heavy atom. The SMILES string of the molecule is CCCC1CN(CCS(=O)(=O)CC)CCN1. The Hall–Kier alpha value is -0.130. The minimum Gasteiger partial charge on any atom is -0.311 e. The highest BCUT2D eigenvalue weighted by Crippen LogP contribution is 2.05. The van der Waals surface area contributed by atoms with Gasteiger partial charge in [0.2, 0.25) is 0 Å². The number of nitrogens with zero attached hydrogens (tertiary/aromatic N) is 1. The molecule has 1 aliphatic heterocycles. The third kappa shape index (κ3) is 4.80. The van der Waals surface area contributed by atoms with Crippen LogP contribution in [0.2, 0.25) is 0 Å². The molecule has 1 atom stereocenters. The number of rotatable bonds is 6. The molecule has 0 saturated carbocycles. The van der Waals surface area contributed by atoms with E-state index < -0.39 is 9.84 Å². The van der Waals surface area contributed by atoms with Gasteiger partial charge < -0.3 is 5.32 Å². The van der Waals surface area contributed by atoms with Crippen LogP contribution in [0.5, 0.6) is 0 Å². The Balaban J connectivity index is 2.32. The number of nitrogens with one attached hydrogen (secondary N) is 1. The van der Waals surface area contributed by atoms with Crippen LogP contribution in [0.1, 0.15) is 26.7 Å². The van der Waals surface area contributed by atoms with Crippen LogP contribution >= 0.6 is 0 Å². The van der Waals surface area contributed by atoms with E-state index in [0.717, 1.165) is 19.6 Å². The van der Waals surface area contributed by atoms with E-state index in [1.54, 1.807) is 6.92 Å². The maximum Gasteiger partial charge on any atom is 0.151 e. The van der Waals surface area contributed by atoms with Crippen molar-refractivity contribution in [3.63, 3.8) is 0 Å². The van der Waals surface area contributed by atoms with E-state index in [4.69, 9.17) is 0 Å². The van der Waals surface area contributed by atoms with E-state index in [2.05, 4.69) is 17.1 Å². The molecule has 1 rings (SSSR count). The van der Waals surface area contributed by atoms with Gasteiger partial charge in [-0.2, -0.15) is 0 Å². The summed E-state index contributed by atoms with van der Waals surface area (Å²) in [5.74, 6) is 0.569. The predicted octanol–water partition coefficient (Wildman–Crippen LogP) is 0.495. The fourth-order valence-corrected chi connectivity index (χ4v) is 2.88. The van der Waals surface area contributed by atoms with Crippen molar-refractivity contribution < 1.29 is 8.42 Å². The minimum atomic E-state index is -2.81. The number of hydrogen-bond acceptors (Lipinski definition) is 4. The summed E-state index contributed by atoms with van der Waals surface area (Å²) in [5.41, 5.74) is 0. The Kier molecular flexibility index (Phi) is 5.72. The molecule has 1 saturated heterocycles. The first kappa shape index (κ1) is 13.9. The lowest BCUT2D eigenvalue weighted by Crippen LogP contribution is -2.51. The summed E-state index contributed by atoms with van der Waals surface area (Å²) < 4.78 is 22.8. The Morgan fingerprint density at radius 1 is 1.38 bits per heavy atom. The molecule has 16 heavy (non-hydrogen) atoms. The largest absolute Gasteiger partial charge is 0.311 e. The van der Waals surface area contributed by atoms with E-state index in [1.165, 1.54) is 12.8 Å². The van der Waals surface area contributed by atoms with E-state index in [1.807, 2.05) is 0 Å². The lowest BCUT2D eigenvalue weighted by molar-refractivity contribution is 0.203. The summed E-state index contributed by atoms with van der Waals surface area (Å²) in [5, 5.41) is 3.47. The highest BCUT2D eigenvalue weighted by molar-refractivity contribution is 7.91. The van der Waals surface area contributed by atoms with Crippen LogP contribution in [0.15, 0.2) is 0 Å². The topological polar surface area (TPSA) is 49.4 Å². The van der Waals surface area contributed by atoms with Crippen LogP contribution in [-0.4, -0.2) is 57.0 Å². The van der Waals surface area contributed by atoms with Gasteiger partial charge in [0, 0.05) is 38.0 Å². The first-order valence-corrected chi connectivity index (χ1v) is 8.05. The summed E-state index contributed by atoms with van der Waals surface area (Å²) in [4.78, 5) is 2.27. The molecule has 0 amide bonds. The van der Waals surface area contributed by atoms with E-state index in [9.17, 15) is 8.42 Å². The van der Waals surface area contributed by atoms with E-state index >= 15 is 0 Å². The molecule has 0 aromatic carbocycles. The van der Waals surface area contributed by atoms with Gasteiger partial charge >= 0.3 is 0 Å². The van der Waals surface area contributed by atoms with Gasteiger partial charge in [-0.25, -0.2) is 8.42 Å². The van der Waals surface area contributed by atoms with Crippen LogP contribution in [-0.2, 0) is 9.84 Å². The molecule has 0 aromatic heterocycles. The molecule has 0 radical (unpaired) electrons. The number of piperazine rings is 1. The molecule has 1 fully saturated rings. The third-order valence-corrected chi connectivity index (χ3v) is 4.82. The summed E-state index contributed by atoms with van der Waals surface area (Å²) in [7, 11) is -2.81. The van der Waals surface area contributed by atoms with Crippen molar-refractivity contribution >= 4 is 9.84 Å². The molecule has 0 aromatic rings. The molecule has 1 heterocycles. The van der Waals surface area contributed by atoms with Gasteiger partial charge in [0.1, 0.15) is 0 Å². The molecular formula is C11H24N2O2S. The van der Waals surface area contributed by atoms with Gasteiger partial charge in [0.05, 0.1) is 5.75 Å². The lowest BCUT2D eigenvalue weighted by atomic mass is 10.1. The first-order chi connectivity index (χ1) is 7.57. The molecule has 96 valence electrons. The second-order valence-corrected chi connectivity index (χ2v) is 6.95. The molecule has 0 bridgehead atoms. The first-order valence-electron chi connectivity index (χ1n) is 6.23. The molecule has 4 nitrogen and oxygen atoms in total. The standard InChI is InChI=1S/C11H24N2O2S/c1-3-5-11-10-13(7-6-12-11)8-9-16(14,15)4-2/h11-12H,3-10H2,1-2H3. The Morgan fingerprint density at radius 2 is 2.12 bits per heavy atom. The average Bonchev–Trinajstić information content (AvgIpc) is 2.28. The Labute approximate surface area is 99.3 Å². The average molecular weight is 248 g/mol. The number of hydrogen-bond donors (Lipinski definition) is 1. The van der Waals surface area contributed by atoms with Crippen LogP contribution in [0, 0.1) is 0 Å². The molecule has 1 unspecified atom stereocenters. The van der Waals surface area contributed by atoms with Crippen molar-refractivity contribution in [1.82, 2.24) is 10.2 Å². The summed E-state index contributed by atoms with van der Waals surface area (Å²) in [6.45, 7) is 7.54. The van der Waals surface area contributed by atoms with Crippen LogP contribution in [0.3, 0.4) is 0 Å². The van der Waals surface area contributed by atoms with Gasteiger partial charge in [0.15, 0.2) is 9.84 Å². The maximum atomic E-state index is 11.4. The van der Waals surface area contributed by atoms with Crippen molar-refractivity contribution in [3.05, 3.63) is 0 Å². The van der Waals surface area contributed by atoms with Crippen LogP contribution < -0.4 is 5.32 Å². The second-order valence-electron chi connectivity index (χ2n) is 4.48. The van der Waals surface area contributed by atoms with Crippen molar-refractivity contribution in [3.8, 4) is 0 Å². The summed E-state index contributed by atoms with van der Waals surface area (Å²) in [6.07, 6.45) is 2.36. The molecule has 0 aliphatic carbocycles. The highest BCUT2D eigenvalue weighted by Gasteiger charge is 2.19. The normalized spacial score (nSPS) is 23.5. The van der Waals surface area contributed by atoms with Crippen molar-refractivity contribution in [1.29, 1.82) is 0 Å².